The molecule has 4 atom stereocenters. The number of nitriles is 1. The first-order valence-electron chi connectivity index (χ1n) is 16.5. The fourth-order valence-electron chi connectivity index (χ4n) is 7.83. The Morgan fingerprint density at radius 2 is 1.90 bits per heavy atom. The van der Waals surface area contributed by atoms with Crippen molar-refractivity contribution in [3.63, 3.8) is 0 Å². The molecule has 0 amide bonds. The zero-order valence-electron chi connectivity index (χ0n) is 26.4. The molecular weight excluding hydrogens is 523 g/mol. The predicted octanol–water partition coefficient (Wildman–Crippen LogP) is 6.95. The van der Waals surface area contributed by atoms with Gasteiger partial charge in [0.15, 0.2) is 0 Å². The van der Waals surface area contributed by atoms with E-state index in [-0.39, 0.29) is 11.0 Å². The van der Waals surface area contributed by atoms with Crippen molar-refractivity contribution in [2.24, 2.45) is 5.41 Å². The largest absolute Gasteiger partial charge is 0.399 e. The van der Waals surface area contributed by atoms with E-state index in [4.69, 9.17) is 15.7 Å². The Labute approximate surface area is 252 Å². The quantitative estimate of drug-likeness (QED) is 0.389. The number of aromatic nitrogens is 2. The lowest BCUT2D eigenvalue weighted by Gasteiger charge is -2.31. The van der Waals surface area contributed by atoms with E-state index in [2.05, 4.69) is 55.7 Å². The van der Waals surface area contributed by atoms with E-state index >= 15 is 0 Å². The highest BCUT2D eigenvalue weighted by Crippen LogP contribution is 2.40. The molecule has 4 unspecified atom stereocenters. The van der Waals surface area contributed by atoms with E-state index in [0.717, 1.165) is 101 Å². The second-order valence-corrected chi connectivity index (χ2v) is 13.8. The van der Waals surface area contributed by atoms with Crippen molar-refractivity contribution >= 4 is 11.5 Å². The van der Waals surface area contributed by atoms with E-state index < -0.39 is 6.17 Å². The molecule has 6 rings (SSSR count). The molecule has 7 heteroatoms. The number of halogens is 1. The third kappa shape index (κ3) is 6.59. The molecule has 0 spiro atoms. The summed E-state index contributed by atoms with van der Waals surface area (Å²) >= 11 is 0. The highest BCUT2D eigenvalue weighted by molar-refractivity contribution is 5.53. The lowest BCUT2D eigenvalue weighted by Crippen LogP contribution is -2.34. The normalized spacial score (nSPS) is 29.2. The number of nitrogen functional groups attached to an aromatic ring is 1. The van der Waals surface area contributed by atoms with Crippen LogP contribution in [0.4, 0.5) is 15.9 Å². The molecule has 1 aromatic heterocycles. The molecule has 3 fully saturated rings. The Balaban J connectivity index is 0.000000295. The van der Waals surface area contributed by atoms with Gasteiger partial charge in [-0.25, -0.2) is 14.4 Å². The van der Waals surface area contributed by atoms with Crippen LogP contribution in [0.2, 0.25) is 0 Å². The number of benzene rings is 1. The molecule has 0 radical (unpaired) electrons. The van der Waals surface area contributed by atoms with Crippen LogP contribution in [0.5, 0.6) is 0 Å². The number of aryl methyl sites for hydroxylation is 2. The summed E-state index contributed by atoms with van der Waals surface area (Å²) in [7, 11) is 0. The van der Waals surface area contributed by atoms with Gasteiger partial charge in [-0.05, 0) is 114 Å². The number of hydrogen-bond donors (Lipinski definition) is 1. The molecule has 1 aliphatic carbocycles. The Bertz CT molecular complexity index is 1290. The summed E-state index contributed by atoms with van der Waals surface area (Å²) in [6, 6.07) is 9.00. The molecule has 3 saturated heterocycles. The molecule has 1 aromatic carbocycles. The van der Waals surface area contributed by atoms with Gasteiger partial charge in [0.1, 0.15) is 17.8 Å². The lowest BCUT2D eigenvalue weighted by molar-refractivity contribution is 0.217. The van der Waals surface area contributed by atoms with Gasteiger partial charge in [-0.15, -0.1) is 0 Å². The number of nitrogens with zero attached hydrogens (tertiary/aromatic N) is 5. The predicted molar refractivity (Wildman–Crippen MR) is 170 cm³/mol. The Morgan fingerprint density at radius 3 is 2.64 bits per heavy atom. The van der Waals surface area contributed by atoms with Crippen molar-refractivity contribution in [2.45, 2.75) is 122 Å². The molecule has 4 heterocycles. The van der Waals surface area contributed by atoms with Crippen LogP contribution in [0.1, 0.15) is 113 Å². The average molecular weight is 575 g/mol. The number of rotatable bonds is 5. The fraction of sp³-hybridized carbons (Fsp3) is 0.686. The van der Waals surface area contributed by atoms with E-state index in [0.29, 0.717) is 12.5 Å². The topological polar surface area (TPSA) is 82.1 Å². The maximum atomic E-state index is 12.8. The summed E-state index contributed by atoms with van der Waals surface area (Å²) in [5.41, 5.74) is 12.5. The van der Waals surface area contributed by atoms with Crippen LogP contribution in [0.15, 0.2) is 18.2 Å². The molecule has 42 heavy (non-hydrogen) atoms. The van der Waals surface area contributed by atoms with Crippen molar-refractivity contribution in [1.29, 1.82) is 5.26 Å². The smallest absolute Gasteiger partial charge is 0.135 e. The van der Waals surface area contributed by atoms with Crippen LogP contribution >= 0.6 is 0 Å². The lowest BCUT2D eigenvalue weighted by atomic mass is 9.80. The van der Waals surface area contributed by atoms with Gasteiger partial charge >= 0.3 is 0 Å². The van der Waals surface area contributed by atoms with E-state index in [9.17, 15) is 9.65 Å². The van der Waals surface area contributed by atoms with Gasteiger partial charge < -0.3 is 10.6 Å². The van der Waals surface area contributed by atoms with Crippen molar-refractivity contribution in [1.82, 2.24) is 14.9 Å². The van der Waals surface area contributed by atoms with Gasteiger partial charge in [0.05, 0.1) is 17.2 Å². The minimum atomic E-state index is -0.551. The van der Waals surface area contributed by atoms with E-state index in [1.165, 1.54) is 35.2 Å². The van der Waals surface area contributed by atoms with Crippen molar-refractivity contribution in [3.8, 4) is 6.07 Å². The molecule has 6 nitrogen and oxygen atoms in total. The summed E-state index contributed by atoms with van der Waals surface area (Å²) in [5, 5.41) is 9.62. The zero-order valence-corrected chi connectivity index (χ0v) is 26.4. The van der Waals surface area contributed by atoms with Crippen LogP contribution in [0.3, 0.4) is 0 Å². The van der Waals surface area contributed by atoms with Crippen LogP contribution in [-0.2, 0) is 25.7 Å². The summed E-state index contributed by atoms with van der Waals surface area (Å²) in [6.45, 7) is 12.4. The van der Waals surface area contributed by atoms with Crippen LogP contribution in [-0.4, -0.2) is 52.8 Å². The van der Waals surface area contributed by atoms with E-state index in [1.54, 1.807) is 0 Å². The van der Waals surface area contributed by atoms with Gasteiger partial charge in [-0.2, -0.15) is 5.26 Å². The maximum absolute atomic E-state index is 12.8. The second kappa shape index (κ2) is 12.9. The van der Waals surface area contributed by atoms with Crippen LogP contribution in [0, 0.1) is 16.7 Å². The molecular formula is C35H51FN6. The average Bonchev–Trinajstić information content (AvgIpc) is 3.38. The summed E-state index contributed by atoms with van der Waals surface area (Å²) in [6.07, 6.45) is 11.7. The van der Waals surface area contributed by atoms with Crippen molar-refractivity contribution < 1.29 is 4.39 Å². The van der Waals surface area contributed by atoms with Gasteiger partial charge in [0, 0.05) is 42.8 Å². The SMILES string of the molecule is CC12CCCN1CC(F)C2.CCCc1ccc(N)cc1C1CCc2c(nc(CC)nc2N2CCCC(C)(C#N)CC2)C1. The molecule has 0 saturated carbocycles. The van der Waals surface area contributed by atoms with Gasteiger partial charge in [-0.3, -0.25) is 4.90 Å². The second-order valence-electron chi connectivity index (χ2n) is 13.8. The van der Waals surface area contributed by atoms with Crippen molar-refractivity contribution in [3.05, 3.63) is 46.4 Å². The highest BCUT2D eigenvalue weighted by Gasteiger charge is 2.44. The highest BCUT2D eigenvalue weighted by atomic mass is 19.1. The summed E-state index contributed by atoms with van der Waals surface area (Å²) in [4.78, 5) is 14.8. The molecule has 2 N–H and O–H groups in total. The number of alkyl halides is 1. The minimum Gasteiger partial charge on any atom is -0.399 e. The Hall–Kier alpha value is -2.72. The molecule has 2 aromatic rings. The first kappa shape index (κ1) is 30.7. The monoisotopic (exact) mass is 574 g/mol. The summed E-state index contributed by atoms with van der Waals surface area (Å²) < 4.78 is 12.8. The van der Waals surface area contributed by atoms with Gasteiger partial charge in [0.2, 0.25) is 0 Å². The number of fused-ring (bicyclic) bond motifs is 2. The van der Waals surface area contributed by atoms with Crippen LogP contribution in [0.25, 0.3) is 0 Å². The minimum absolute atomic E-state index is 0.219. The van der Waals surface area contributed by atoms with E-state index in [1.807, 2.05) is 6.07 Å². The van der Waals surface area contributed by atoms with Crippen molar-refractivity contribution in [2.75, 3.05) is 36.8 Å². The maximum Gasteiger partial charge on any atom is 0.135 e. The van der Waals surface area contributed by atoms with Gasteiger partial charge in [0.25, 0.3) is 0 Å². The first-order chi connectivity index (χ1) is 20.2. The number of nitrogens with two attached hydrogens (primary N) is 1. The standard InChI is InChI=1S/C27H37N5.C8H14FN/c1-4-7-19-8-10-21(29)17-23(19)20-9-11-22-24(16-20)30-25(5-2)31-26(22)32-14-6-12-27(3,18-28)13-15-32;1-8-3-2-4-10(8)6-7(9)5-8/h8,10,17,20H,4-7,9,11-16,29H2,1-3H3;7H,2-6H2,1H3. The van der Waals surface area contributed by atoms with Gasteiger partial charge in [-0.1, -0.05) is 26.3 Å². The first-order valence-corrected chi connectivity index (χ1v) is 16.5. The van der Waals surface area contributed by atoms with Crippen LogP contribution < -0.4 is 10.6 Å². The number of hydrogen-bond acceptors (Lipinski definition) is 6. The molecule has 228 valence electrons. The summed E-state index contributed by atoms with van der Waals surface area (Å²) in [5.74, 6) is 2.54. The zero-order chi connectivity index (χ0) is 29.9. The Morgan fingerprint density at radius 1 is 1.10 bits per heavy atom. The third-order valence-corrected chi connectivity index (χ3v) is 10.4. The molecule has 0 bridgehead atoms. The fourth-order valence-corrected chi connectivity index (χ4v) is 7.83. The Kier molecular flexibility index (Phi) is 9.42. The third-order valence-electron chi connectivity index (χ3n) is 10.4. The molecule has 3 aliphatic heterocycles. The molecule has 4 aliphatic rings. The number of anilines is 2.